The molecule has 0 atom stereocenters. The van der Waals surface area contributed by atoms with Crippen molar-refractivity contribution in [1.29, 1.82) is 0 Å². The van der Waals surface area contributed by atoms with Gasteiger partial charge in [-0.15, -0.1) is 11.8 Å². The molecule has 0 aliphatic carbocycles. The normalized spacial score (nSPS) is 10.4. The summed E-state index contributed by atoms with van der Waals surface area (Å²) in [4.78, 5) is 25.6. The number of hydrogen-bond donors (Lipinski definition) is 2. The number of aryl methyl sites for hydroxylation is 1. The molecule has 6 heteroatoms. The predicted molar refractivity (Wildman–Crippen MR) is 138 cm³/mol. The molecular formula is C28H24N2O3S. The number of para-hydroxylation sites is 1. The van der Waals surface area contributed by atoms with Gasteiger partial charge in [0.25, 0.3) is 5.91 Å². The number of ether oxygens (including phenoxy) is 1. The zero-order chi connectivity index (χ0) is 23.8. The molecule has 0 fully saturated rings. The maximum atomic E-state index is 12.3. The summed E-state index contributed by atoms with van der Waals surface area (Å²) in [6.07, 6.45) is 0. The lowest BCUT2D eigenvalue weighted by molar-refractivity contribution is -0.113. The van der Waals surface area contributed by atoms with Gasteiger partial charge in [0, 0.05) is 21.8 Å². The van der Waals surface area contributed by atoms with Crippen molar-refractivity contribution >= 4 is 35.0 Å². The average molecular weight is 469 g/mol. The largest absolute Gasteiger partial charge is 0.457 e. The molecule has 0 heterocycles. The van der Waals surface area contributed by atoms with Gasteiger partial charge in [0.2, 0.25) is 5.91 Å². The Morgan fingerprint density at radius 2 is 1.29 bits per heavy atom. The summed E-state index contributed by atoms with van der Waals surface area (Å²) >= 11 is 1.43. The minimum atomic E-state index is -0.153. The molecule has 0 aliphatic heterocycles. The van der Waals surface area contributed by atoms with Crippen molar-refractivity contribution in [3.63, 3.8) is 0 Å². The van der Waals surface area contributed by atoms with E-state index in [1.54, 1.807) is 12.1 Å². The Morgan fingerprint density at radius 3 is 1.97 bits per heavy atom. The van der Waals surface area contributed by atoms with E-state index < -0.39 is 0 Å². The molecule has 5 nitrogen and oxygen atoms in total. The SMILES string of the molecule is Cc1ccc(C(=O)Nc2ccc(SCC(=O)Nc3ccc(Oc4ccccc4)cc3)cc2)cc1. The number of benzene rings is 4. The van der Waals surface area contributed by atoms with Gasteiger partial charge in [-0.3, -0.25) is 9.59 Å². The standard InChI is InChI=1S/C28H24N2O3S/c1-20-7-9-21(10-8-20)28(32)30-23-13-17-26(18-14-23)34-19-27(31)29-22-11-15-25(16-12-22)33-24-5-3-2-4-6-24/h2-18H,19H2,1H3,(H,29,31)(H,30,32). The second-order valence-electron chi connectivity index (χ2n) is 7.62. The lowest BCUT2D eigenvalue weighted by atomic mass is 10.1. The zero-order valence-electron chi connectivity index (χ0n) is 18.7. The number of carbonyl (C=O) groups excluding carboxylic acids is 2. The van der Waals surface area contributed by atoms with Gasteiger partial charge < -0.3 is 15.4 Å². The molecule has 170 valence electrons. The van der Waals surface area contributed by atoms with Crippen molar-refractivity contribution in [3.05, 3.63) is 114 Å². The summed E-state index contributed by atoms with van der Waals surface area (Å²) in [6, 6.07) is 31.7. The van der Waals surface area contributed by atoms with Crippen molar-refractivity contribution in [2.45, 2.75) is 11.8 Å². The zero-order valence-corrected chi connectivity index (χ0v) is 19.5. The molecule has 0 saturated carbocycles. The van der Waals surface area contributed by atoms with Crippen molar-refractivity contribution in [3.8, 4) is 11.5 Å². The highest BCUT2D eigenvalue weighted by atomic mass is 32.2. The van der Waals surface area contributed by atoms with E-state index in [0.29, 0.717) is 22.7 Å². The molecule has 0 radical (unpaired) electrons. The Balaban J connectivity index is 1.23. The van der Waals surface area contributed by atoms with E-state index in [1.165, 1.54) is 11.8 Å². The van der Waals surface area contributed by atoms with Gasteiger partial charge in [-0.1, -0.05) is 35.9 Å². The maximum absolute atomic E-state index is 12.3. The number of hydrogen-bond acceptors (Lipinski definition) is 4. The number of rotatable bonds is 8. The third-order valence-electron chi connectivity index (χ3n) is 4.91. The summed E-state index contributed by atoms with van der Waals surface area (Å²) in [6.45, 7) is 1.98. The number of anilines is 2. The lowest BCUT2D eigenvalue weighted by Gasteiger charge is -2.09. The highest BCUT2D eigenvalue weighted by molar-refractivity contribution is 8.00. The maximum Gasteiger partial charge on any atom is 0.255 e. The molecule has 2 N–H and O–H groups in total. The first-order valence-electron chi connectivity index (χ1n) is 10.8. The Morgan fingerprint density at radius 1 is 0.706 bits per heavy atom. The van der Waals surface area contributed by atoms with Gasteiger partial charge in [0.15, 0.2) is 0 Å². The van der Waals surface area contributed by atoms with Gasteiger partial charge in [0.05, 0.1) is 5.75 Å². The quantitative estimate of drug-likeness (QED) is 0.280. The van der Waals surface area contributed by atoms with Gasteiger partial charge in [-0.05, 0) is 79.7 Å². The molecule has 0 unspecified atom stereocenters. The van der Waals surface area contributed by atoms with E-state index >= 15 is 0 Å². The lowest BCUT2D eigenvalue weighted by Crippen LogP contribution is -2.14. The van der Waals surface area contributed by atoms with Crippen LogP contribution in [0.5, 0.6) is 11.5 Å². The number of nitrogens with one attached hydrogen (secondary N) is 2. The van der Waals surface area contributed by atoms with Crippen LogP contribution in [-0.4, -0.2) is 17.6 Å². The molecule has 0 saturated heterocycles. The van der Waals surface area contributed by atoms with Gasteiger partial charge >= 0.3 is 0 Å². The summed E-state index contributed by atoms with van der Waals surface area (Å²) in [5, 5.41) is 5.77. The van der Waals surface area contributed by atoms with Crippen molar-refractivity contribution in [1.82, 2.24) is 0 Å². The van der Waals surface area contributed by atoms with Crippen LogP contribution in [0.2, 0.25) is 0 Å². The molecule has 4 rings (SSSR count). The molecule has 0 aromatic heterocycles. The third-order valence-corrected chi connectivity index (χ3v) is 5.92. The number of thioether (sulfide) groups is 1. The second-order valence-corrected chi connectivity index (χ2v) is 8.67. The van der Waals surface area contributed by atoms with Crippen LogP contribution in [0, 0.1) is 6.92 Å². The molecule has 34 heavy (non-hydrogen) atoms. The van der Waals surface area contributed by atoms with Gasteiger partial charge in [-0.25, -0.2) is 0 Å². The highest BCUT2D eigenvalue weighted by Gasteiger charge is 2.07. The van der Waals surface area contributed by atoms with Crippen LogP contribution in [0.15, 0.2) is 108 Å². The van der Waals surface area contributed by atoms with Gasteiger partial charge in [-0.2, -0.15) is 0 Å². The number of carbonyl (C=O) groups is 2. The molecular weight excluding hydrogens is 444 g/mol. The molecule has 2 amide bonds. The van der Waals surface area contributed by atoms with Crippen molar-refractivity contribution in [2.24, 2.45) is 0 Å². The highest BCUT2D eigenvalue weighted by Crippen LogP contribution is 2.24. The Labute approximate surface area is 203 Å². The fourth-order valence-electron chi connectivity index (χ4n) is 3.12. The first-order chi connectivity index (χ1) is 16.5. The van der Waals surface area contributed by atoms with E-state index in [4.69, 9.17) is 4.74 Å². The molecule has 4 aromatic carbocycles. The smallest absolute Gasteiger partial charge is 0.255 e. The minimum Gasteiger partial charge on any atom is -0.457 e. The van der Waals surface area contributed by atoms with E-state index in [2.05, 4.69) is 10.6 Å². The Kier molecular flexibility index (Phi) is 7.63. The van der Waals surface area contributed by atoms with Crippen LogP contribution in [0.1, 0.15) is 15.9 Å². The number of amides is 2. The van der Waals surface area contributed by atoms with E-state index in [9.17, 15) is 9.59 Å². The monoisotopic (exact) mass is 468 g/mol. The molecule has 4 aromatic rings. The fraction of sp³-hybridized carbons (Fsp3) is 0.0714. The van der Waals surface area contributed by atoms with Crippen LogP contribution in [0.25, 0.3) is 0 Å². The Bertz CT molecular complexity index is 1240. The van der Waals surface area contributed by atoms with E-state index in [-0.39, 0.29) is 17.6 Å². The summed E-state index contributed by atoms with van der Waals surface area (Å²) in [7, 11) is 0. The average Bonchev–Trinajstić information content (AvgIpc) is 2.86. The van der Waals surface area contributed by atoms with Crippen LogP contribution >= 0.6 is 11.8 Å². The second kappa shape index (κ2) is 11.2. The first kappa shape index (κ1) is 23.1. The van der Waals surface area contributed by atoms with Crippen LogP contribution in [0.3, 0.4) is 0 Å². The third kappa shape index (κ3) is 6.73. The first-order valence-corrected chi connectivity index (χ1v) is 11.8. The topological polar surface area (TPSA) is 67.4 Å². The van der Waals surface area contributed by atoms with E-state index in [0.717, 1.165) is 16.2 Å². The van der Waals surface area contributed by atoms with Crippen LogP contribution in [0.4, 0.5) is 11.4 Å². The van der Waals surface area contributed by atoms with Crippen molar-refractivity contribution in [2.75, 3.05) is 16.4 Å². The fourth-order valence-corrected chi connectivity index (χ4v) is 3.82. The van der Waals surface area contributed by atoms with Crippen LogP contribution in [-0.2, 0) is 4.79 Å². The van der Waals surface area contributed by atoms with Crippen molar-refractivity contribution < 1.29 is 14.3 Å². The summed E-state index contributed by atoms with van der Waals surface area (Å²) < 4.78 is 5.76. The predicted octanol–water partition coefficient (Wildman–Crippen LogP) is 6.77. The van der Waals surface area contributed by atoms with Crippen LogP contribution < -0.4 is 15.4 Å². The minimum absolute atomic E-state index is 0.0986. The molecule has 0 bridgehead atoms. The van der Waals surface area contributed by atoms with E-state index in [1.807, 2.05) is 97.9 Å². The molecule has 0 aliphatic rings. The van der Waals surface area contributed by atoms with Gasteiger partial charge in [0.1, 0.15) is 11.5 Å². The Hall–Kier alpha value is -4.03. The summed E-state index contributed by atoms with van der Waals surface area (Å²) in [5.41, 5.74) is 3.13. The molecule has 0 spiro atoms. The summed E-state index contributed by atoms with van der Waals surface area (Å²) in [5.74, 6) is 1.49.